The van der Waals surface area contributed by atoms with Gasteiger partial charge in [0.2, 0.25) is 0 Å². The second-order valence-corrected chi connectivity index (χ2v) is 6.85. The molecule has 0 saturated heterocycles. The molecule has 8 heteroatoms. The van der Waals surface area contributed by atoms with Crippen LogP contribution in [-0.4, -0.2) is 16.9 Å². The van der Waals surface area contributed by atoms with Crippen LogP contribution in [0.4, 0.5) is 10.5 Å². The van der Waals surface area contributed by atoms with Crippen molar-refractivity contribution in [1.29, 1.82) is 0 Å². The van der Waals surface area contributed by atoms with Gasteiger partial charge in [0.1, 0.15) is 5.75 Å². The molecule has 0 saturated carbocycles. The van der Waals surface area contributed by atoms with Crippen molar-refractivity contribution in [3.8, 4) is 11.5 Å². The minimum atomic E-state index is -0.529. The van der Waals surface area contributed by atoms with Crippen LogP contribution in [0, 0.1) is 0 Å². The number of benzene rings is 2. The van der Waals surface area contributed by atoms with E-state index in [2.05, 4.69) is 15.8 Å². The molecule has 7 nitrogen and oxygen atoms in total. The Morgan fingerprint density at radius 3 is 2.70 bits per heavy atom. The van der Waals surface area contributed by atoms with E-state index in [4.69, 9.17) is 16.3 Å². The quantitative estimate of drug-likeness (QED) is 0.478. The Hall–Kier alpha value is -3.84. The molecule has 2 heterocycles. The molecule has 0 fully saturated rings. The van der Waals surface area contributed by atoms with Gasteiger partial charge < -0.3 is 4.74 Å². The van der Waals surface area contributed by atoms with Crippen LogP contribution in [0.15, 0.2) is 72.9 Å². The zero-order valence-electron chi connectivity index (χ0n) is 15.7. The van der Waals surface area contributed by atoms with Gasteiger partial charge in [-0.05, 0) is 42.5 Å². The van der Waals surface area contributed by atoms with E-state index in [1.165, 1.54) is 11.0 Å². The first-order valence-corrected chi connectivity index (χ1v) is 9.50. The second kappa shape index (κ2) is 8.67. The van der Waals surface area contributed by atoms with Crippen LogP contribution >= 0.6 is 11.6 Å². The molecule has 0 spiro atoms. The largest absolute Gasteiger partial charge is 0.455 e. The number of hydrogen-bond acceptors (Lipinski definition) is 4. The SMILES string of the molecule is O=C(/C=C/c1ccccn1)NNC(=O)N1Cc2ccccc2Oc2ccc(Cl)cc21. The maximum atomic E-state index is 12.9. The molecular formula is C22H17ClN4O3. The van der Waals surface area contributed by atoms with Gasteiger partial charge in [-0.25, -0.2) is 10.2 Å². The summed E-state index contributed by atoms with van der Waals surface area (Å²) in [5.41, 5.74) is 6.74. The number of amides is 3. The summed E-state index contributed by atoms with van der Waals surface area (Å²) in [6, 6.07) is 17.3. The van der Waals surface area contributed by atoms with Crippen LogP contribution in [0.3, 0.4) is 0 Å². The number of anilines is 1. The highest BCUT2D eigenvalue weighted by Gasteiger charge is 2.25. The highest BCUT2D eigenvalue weighted by Crippen LogP contribution is 2.40. The number of nitrogens with one attached hydrogen (secondary N) is 2. The summed E-state index contributed by atoms with van der Waals surface area (Å²) in [5, 5.41) is 0.462. The van der Waals surface area contributed by atoms with Crippen molar-refractivity contribution in [2.75, 3.05) is 4.90 Å². The van der Waals surface area contributed by atoms with E-state index in [-0.39, 0.29) is 6.54 Å². The first-order chi connectivity index (χ1) is 14.6. The Kier molecular flexibility index (Phi) is 5.63. The molecule has 3 aromatic rings. The van der Waals surface area contributed by atoms with Crippen LogP contribution in [-0.2, 0) is 11.3 Å². The number of ether oxygens (including phenoxy) is 1. The van der Waals surface area contributed by atoms with Crippen LogP contribution in [0.5, 0.6) is 11.5 Å². The number of para-hydroxylation sites is 1. The Morgan fingerprint density at radius 2 is 1.87 bits per heavy atom. The first kappa shape index (κ1) is 19.5. The number of halogens is 1. The number of aromatic nitrogens is 1. The predicted molar refractivity (Wildman–Crippen MR) is 114 cm³/mol. The summed E-state index contributed by atoms with van der Waals surface area (Å²) in [4.78, 5) is 30.5. The fourth-order valence-corrected chi connectivity index (χ4v) is 3.10. The summed E-state index contributed by atoms with van der Waals surface area (Å²) in [6.07, 6.45) is 4.46. The van der Waals surface area contributed by atoms with Gasteiger partial charge in [0.15, 0.2) is 5.75 Å². The highest BCUT2D eigenvalue weighted by molar-refractivity contribution is 6.31. The van der Waals surface area contributed by atoms with Crippen molar-refractivity contribution in [3.63, 3.8) is 0 Å². The molecule has 3 amide bonds. The lowest BCUT2D eigenvalue weighted by Crippen LogP contribution is -2.48. The lowest BCUT2D eigenvalue weighted by atomic mass is 10.2. The molecule has 30 heavy (non-hydrogen) atoms. The van der Waals surface area contributed by atoms with Crippen LogP contribution in [0.25, 0.3) is 6.08 Å². The van der Waals surface area contributed by atoms with E-state index in [0.717, 1.165) is 5.56 Å². The van der Waals surface area contributed by atoms with Crippen molar-refractivity contribution < 1.29 is 14.3 Å². The Morgan fingerprint density at radius 1 is 1.03 bits per heavy atom. The highest BCUT2D eigenvalue weighted by atomic mass is 35.5. The van der Waals surface area contributed by atoms with Crippen LogP contribution in [0.2, 0.25) is 5.02 Å². The number of pyridine rings is 1. The summed E-state index contributed by atoms with van der Waals surface area (Å²) >= 11 is 6.14. The molecule has 0 radical (unpaired) electrons. The number of fused-ring (bicyclic) bond motifs is 2. The van der Waals surface area contributed by atoms with Gasteiger partial charge in [-0.2, -0.15) is 0 Å². The van der Waals surface area contributed by atoms with Crippen LogP contribution in [0.1, 0.15) is 11.3 Å². The van der Waals surface area contributed by atoms with E-state index in [0.29, 0.717) is 27.9 Å². The minimum absolute atomic E-state index is 0.245. The molecule has 4 rings (SSSR count). The number of hydrazine groups is 1. The topological polar surface area (TPSA) is 83.6 Å². The zero-order valence-corrected chi connectivity index (χ0v) is 16.5. The fraction of sp³-hybridized carbons (Fsp3) is 0.0455. The maximum Gasteiger partial charge on any atom is 0.341 e. The average molecular weight is 421 g/mol. The smallest absolute Gasteiger partial charge is 0.341 e. The van der Waals surface area contributed by atoms with Gasteiger partial charge in [0.05, 0.1) is 17.9 Å². The zero-order chi connectivity index (χ0) is 20.9. The van der Waals surface area contributed by atoms with E-state index in [1.54, 1.807) is 42.6 Å². The summed E-state index contributed by atoms with van der Waals surface area (Å²) < 4.78 is 5.97. The number of carbonyl (C=O) groups excluding carboxylic acids is 2. The molecule has 0 bridgehead atoms. The van der Waals surface area contributed by atoms with E-state index in [1.807, 2.05) is 30.3 Å². The minimum Gasteiger partial charge on any atom is -0.455 e. The van der Waals surface area contributed by atoms with E-state index < -0.39 is 11.9 Å². The first-order valence-electron chi connectivity index (χ1n) is 9.12. The molecule has 1 aliphatic rings. The van der Waals surface area contributed by atoms with Crippen molar-refractivity contribution >= 4 is 35.3 Å². The van der Waals surface area contributed by atoms with Crippen LogP contribution < -0.4 is 20.5 Å². The number of rotatable bonds is 2. The maximum absolute atomic E-state index is 12.9. The molecule has 1 aliphatic heterocycles. The number of hydrogen-bond donors (Lipinski definition) is 2. The second-order valence-electron chi connectivity index (χ2n) is 6.42. The van der Waals surface area contributed by atoms with Gasteiger partial charge in [-0.15, -0.1) is 0 Å². The average Bonchev–Trinajstić information content (AvgIpc) is 2.93. The normalized spacial score (nSPS) is 12.4. The Bertz CT molecular complexity index is 1120. The van der Waals surface area contributed by atoms with Crippen molar-refractivity contribution in [2.45, 2.75) is 6.54 Å². The van der Waals surface area contributed by atoms with Gasteiger partial charge in [-0.3, -0.25) is 20.1 Å². The van der Waals surface area contributed by atoms with Crippen molar-refractivity contribution in [3.05, 3.63) is 89.2 Å². The van der Waals surface area contributed by atoms with Gasteiger partial charge in [0, 0.05) is 22.9 Å². The summed E-state index contributed by atoms with van der Waals surface area (Å²) in [5.74, 6) is 0.645. The fourth-order valence-electron chi connectivity index (χ4n) is 2.94. The van der Waals surface area contributed by atoms with E-state index in [9.17, 15) is 9.59 Å². The monoisotopic (exact) mass is 420 g/mol. The van der Waals surface area contributed by atoms with Crippen molar-refractivity contribution in [2.24, 2.45) is 0 Å². The third-order valence-corrected chi connectivity index (χ3v) is 4.60. The van der Waals surface area contributed by atoms with Crippen molar-refractivity contribution in [1.82, 2.24) is 15.8 Å². The molecule has 150 valence electrons. The third kappa shape index (κ3) is 4.42. The number of nitrogens with zero attached hydrogens (tertiary/aromatic N) is 2. The molecule has 2 N–H and O–H groups in total. The molecular weight excluding hydrogens is 404 g/mol. The Labute approximate surface area is 177 Å². The molecule has 0 aliphatic carbocycles. The molecule has 0 atom stereocenters. The predicted octanol–water partition coefficient (Wildman–Crippen LogP) is 4.30. The summed E-state index contributed by atoms with van der Waals surface area (Å²) in [7, 11) is 0. The molecule has 2 aromatic carbocycles. The van der Waals surface area contributed by atoms with Gasteiger partial charge in [-0.1, -0.05) is 35.9 Å². The molecule has 1 aromatic heterocycles. The lowest BCUT2D eigenvalue weighted by Gasteiger charge is -2.22. The van der Waals surface area contributed by atoms with E-state index >= 15 is 0 Å². The lowest BCUT2D eigenvalue weighted by molar-refractivity contribution is -0.117. The number of carbonyl (C=O) groups is 2. The third-order valence-electron chi connectivity index (χ3n) is 4.36. The Balaban J connectivity index is 1.50. The van der Waals surface area contributed by atoms with Gasteiger partial charge >= 0.3 is 6.03 Å². The molecule has 0 unspecified atom stereocenters. The summed E-state index contributed by atoms with van der Waals surface area (Å²) in [6.45, 7) is 0.245. The standard InChI is InChI=1S/C22H17ClN4O3/c23-16-8-10-20-18(13-16)27(14-15-5-1-2-7-19(15)30-20)22(29)26-25-21(28)11-9-17-6-3-4-12-24-17/h1-13H,14H2,(H,25,28)(H,26,29)/b11-9+. The number of urea groups is 1. The van der Waals surface area contributed by atoms with Gasteiger partial charge in [0.25, 0.3) is 5.91 Å².